The molecule has 6 heteroatoms. The molecule has 6 nitrogen and oxygen atoms in total. The van der Waals surface area contributed by atoms with Crippen LogP contribution in [0, 0.1) is 0 Å². The van der Waals surface area contributed by atoms with Crippen molar-refractivity contribution >= 4 is 17.9 Å². The molecule has 0 aromatic heterocycles. The minimum Gasteiger partial charge on any atom is -0.462 e. The Hall–Kier alpha value is -4.45. The van der Waals surface area contributed by atoms with Gasteiger partial charge in [0.1, 0.15) is 13.2 Å². The van der Waals surface area contributed by atoms with E-state index in [1.54, 1.807) is 0 Å². The van der Waals surface area contributed by atoms with Crippen LogP contribution in [-0.4, -0.2) is 37.2 Å². The van der Waals surface area contributed by atoms with Gasteiger partial charge in [0.2, 0.25) is 0 Å². The van der Waals surface area contributed by atoms with Crippen LogP contribution >= 0.6 is 0 Å². The highest BCUT2D eigenvalue weighted by Crippen LogP contribution is 2.16. The number of unbranched alkanes of at least 4 members (excludes halogenated alkanes) is 26. The number of carbonyl (C=O) groups excluding carboxylic acids is 3. The highest BCUT2D eigenvalue weighted by Gasteiger charge is 2.19. The lowest BCUT2D eigenvalue weighted by molar-refractivity contribution is -0.167. The SMILES string of the molecule is CC/C=C\C/C=C\C/C=C\C/C=C\C/C=C\CCCCCC(=O)OC(COC(=O)CCCCCCC/C=C\C/C=C\CCCC)COC(=O)CCCCCCCCCCCCCCCCCC/C=C\C/C=C\C/C=C\C/C=C\CC. The van der Waals surface area contributed by atoms with Crippen LogP contribution in [0.5, 0.6) is 0 Å². The first kappa shape index (κ1) is 75.5. The van der Waals surface area contributed by atoms with Gasteiger partial charge in [-0.1, -0.05) is 283 Å². The van der Waals surface area contributed by atoms with Crippen LogP contribution < -0.4 is 0 Å². The summed E-state index contributed by atoms with van der Waals surface area (Å²) in [5.41, 5.74) is 0. The van der Waals surface area contributed by atoms with Gasteiger partial charge < -0.3 is 14.2 Å². The molecule has 1 atom stereocenters. The number of rotatable bonds is 59. The summed E-state index contributed by atoms with van der Waals surface area (Å²) in [5, 5.41) is 0. The van der Waals surface area contributed by atoms with Crippen molar-refractivity contribution in [2.75, 3.05) is 13.2 Å². The zero-order valence-corrected chi connectivity index (χ0v) is 52.0. The van der Waals surface area contributed by atoms with Crippen molar-refractivity contribution in [2.24, 2.45) is 0 Å². The zero-order valence-electron chi connectivity index (χ0n) is 52.0. The maximum atomic E-state index is 12.9. The largest absolute Gasteiger partial charge is 0.462 e. The molecule has 0 amide bonds. The van der Waals surface area contributed by atoms with E-state index in [4.69, 9.17) is 14.2 Å². The van der Waals surface area contributed by atoms with Crippen molar-refractivity contribution in [1.29, 1.82) is 0 Å². The molecule has 454 valence electrons. The van der Waals surface area contributed by atoms with Crippen molar-refractivity contribution in [3.05, 3.63) is 134 Å². The normalized spacial score (nSPS) is 13.0. The topological polar surface area (TPSA) is 78.9 Å². The smallest absolute Gasteiger partial charge is 0.306 e. The maximum Gasteiger partial charge on any atom is 0.306 e. The van der Waals surface area contributed by atoms with Crippen LogP contribution in [0.3, 0.4) is 0 Å². The molecule has 0 spiro atoms. The number of allylic oxidation sites excluding steroid dienone is 22. The van der Waals surface area contributed by atoms with Gasteiger partial charge >= 0.3 is 17.9 Å². The molecule has 0 rings (SSSR count). The summed E-state index contributed by atoms with van der Waals surface area (Å²) in [5.74, 6) is -0.940. The van der Waals surface area contributed by atoms with Gasteiger partial charge in [0.05, 0.1) is 0 Å². The Morgan fingerprint density at radius 1 is 0.263 bits per heavy atom. The molecule has 0 N–H and O–H groups in total. The second-order valence-corrected chi connectivity index (χ2v) is 21.6. The van der Waals surface area contributed by atoms with Gasteiger partial charge in [-0.3, -0.25) is 14.4 Å². The van der Waals surface area contributed by atoms with Crippen LogP contribution in [0.25, 0.3) is 0 Å². The number of ether oxygens (including phenoxy) is 3. The lowest BCUT2D eigenvalue weighted by atomic mass is 10.0. The van der Waals surface area contributed by atoms with Crippen molar-refractivity contribution < 1.29 is 28.6 Å². The first-order valence-corrected chi connectivity index (χ1v) is 33.2. The zero-order chi connectivity index (χ0) is 57.8. The van der Waals surface area contributed by atoms with Crippen molar-refractivity contribution in [3.8, 4) is 0 Å². The Balaban J connectivity index is 4.33. The Labute approximate surface area is 494 Å². The van der Waals surface area contributed by atoms with E-state index in [0.717, 1.165) is 148 Å². The third-order valence-corrected chi connectivity index (χ3v) is 13.9. The molecule has 0 aromatic carbocycles. The van der Waals surface area contributed by atoms with Crippen LogP contribution in [0.15, 0.2) is 134 Å². The number of hydrogen-bond donors (Lipinski definition) is 0. The second-order valence-electron chi connectivity index (χ2n) is 21.6. The molecule has 0 aliphatic carbocycles. The summed E-state index contributed by atoms with van der Waals surface area (Å²) in [6, 6.07) is 0. The lowest BCUT2D eigenvalue weighted by Gasteiger charge is -2.18. The molecule has 0 saturated carbocycles. The maximum absolute atomic E-state index is 12.9. The van der Waals surface area contributed by atoms with E-state index < -0.39 is 6.10 Å². The first-order valence-electron chi connectivity index (χ1n) is 33.2. The lowest BCUT2D eigenvalue weighted by Crippen LogP contribution is -2.30. The summed E-state index contributed by atoms with van der Waals surface area (Å²) in [6.45, 7) is 6.35. The number of esters is 3. The Kier molecular flexibility index (Phi) is 63.3. The van der Waals surface area contributed by atoms with Crippen molar-refractivity contribution in [3.63, 3.8) is 0 Å². The molecular formula is C74H122O6. The molecule has 0 saturated heterocycles. The van der Waals surface area contributed by atoms with E-state index in [1.807, 2.05) is 0 Å². The molecular weight excluding hydrogens is 985 g/mol. The highest BCUT2D eigenvalue weighted by atomic mass is 16.6. The van der Waals surface area contributed by atoms with Crippen LogP contribution in [0.4, 0.5) is 0 Å². The van der Waals surface area contributed by atoms with Gasteiger partial charge in [-0.25, -0.2) is 0 Å². The van der Waals surface area contributed by atoms with Gasteiger partial charge in [0.15, 0.2) is 6.10 Å². The second kappa shape index (κ2) is 67.1. The van der Waals surface area contributed by atoms with Gasteiger partial charge in [0, 0.05) is 19.3 Å². The Bertz CT molecular complexity index is 1700. The fourth-order valence-electron chi connectivity index (χ4n) is 8.95. The standard InChI is InChI=1S/C74H122O6/c1-4-7-10-13-16-19-22-25-28-30-32-33-34-35-36-37-38-39-40-41-43-44-46-49-52-55-58-61-64-67-73(76)79-70-71(69-78-72(75)66-63-60-57-54-51-48-27-24-21-18-15-12-9-6-3)80-74(77)68-65-62-59-56-53-50-47-45-42-31-29-26-23-20-17-14-11-8-5-2/h7-8,10-11,15-20,24-29,32-33,42,45,50,53,71H,4-6,9,12-14,21-23,30-31,34-41,43-44,46-49,51-52,54-70H2,1-3H3/b10-7-,11-8-,18-15-,19-16-,20-17-,27-24-,28-25-,29-26-,33-32-,45-42-,53-50-. The third-order valence-electron chi connectivity index (χ3n) is 13.9. The predicted octanol–water partition coefficient (Wildman–Crippen LogP) is 22.9. The summed E-state index contributed by atoms with van der Waals surface area (Å²) in [4.78, 5) is 38.3. The van der Waals surface area contributed by atoms with Crippen molar-refractivity contribution in [2.45, 2.75) is 303 Å². The first-order chi connectivity index (χ1) is 39.5. The third kappa shape index (κ3) is 64.4. The molecule has 0 heterocycles. The monoisotopic (exact) mass is 1110 g/mol. The van der Waals surface area contributed by atoms with Crippen LogP contribution in [0.1, 0.15) is 297 Å². The Morgan fingerprint density at radius 2 is 0.487 bits per heavy atom. The minimum absolute atomic E-state index is 0.0979. The molecule has 0 aliphatic rings. The van der Waals surface area contributed by atoms with Crippen LogP contribution in [0.2, 0.25) is 0 Å². The quantitative estimate of drug-likeness (QED) is 0.0261. The average molecular weight is 1110 g/mol. The highest BCUT2D eigenvalue weighted by molar-refractivity contribution is 5.71. The van der Waals surface area contributed by atoms with Gasteiger partial charge in [-0.05, 0) is 128 Å². The molecule has 0 bridgehead atoms. The van der Waals surface area contributed by atoms with Crippen LogP contribution in [-0.2, 0) is 28.6 Å². The van der Waals surface area contributed by atoms with E-state index in [-0.39, 0.29) is 37.5 Å². The minimum atomic E-state index is -0.806. The summed E-state index contributed by atoms with van der Waals surface area (Å²) in [7, 11) is 0. The molecule has 0 radical (unpaired) electrons. The molecule has 80 heavy (non-hydrogen) atoms. The average Bonchev–Trinajstić information content (AvgIpc) is 3.46. The fourth-order valence-corrected chi connectivity index (χ4v) is 8.95. The van der Waals surface area contributed by atoms with Gasteiger partial charge in [0.25, 0.3) is 0 Å². The predicted molar refractivity (Wildman–Crippen MR) is 348 cm³/mol. The summed E-state index contributed by atoms with van der Waals surface area (Å²) >= 11 is 0. The number of carbonyl (C=O) groups is 3. The molecule has 0 aromatic rings. The Morgan fingerprint density at radius 3 is 0.775 bits per heavy atom. The van der Waals surface area contributed by atoms with Gasteiger partial charge in [-0.2, -0.15) is 0 Å². The van der Waals surface area contributed by atoms with E-state index >= 15 is 0 Å². The molecule has 1 unspecified atom stereocenters. The fraction of sp³-hybridized carbons (Fsp3) is 0.662. The number of hydrogen-bond acceptors (Lipinski definition) is 6. The van der Waals surface area contributed by atoms with E-state index in [2.05, 4.69) is 154 Å². The van der Waals surface area contributed by atoms with E-state index in [0.29, 0.717) is 12.8 Å². The summed E-state index contributed by atoms with van der Waals surface area (Å²) in [6.07, 6.45) is 94.7. The van der Waals surface area contributed by atoms with Crippen molar-refractivity contribution in [1.82, 2.24) is 0 Å². The molecule has 0 fully saturated rings. The van der Waals surface area contributed by atoms with E-state index in [1.165, 1.54) is 109 Å². The molecule has 0 aliphatic heterocycles. The van der Waals surface area contributed by atoms with Gasteiger partial charge in [-0.15, -0.1) is 0 Å². The summed E-state index contributed by atoms with van der Waals surface area (Å²) < 4.78 is 16.9. The van der Waals surface area contributed by atoms with E-state index in [9.17, 15) is 14.4 Å².